The van der Waals surface area contributed by atoms with Crippen LogP contribution < -0.4 is 4.74 Å². The van der Waals surface area contributed by atoms with Gasteiger partial charge in [0.2, 0.25) is 0 Å². The largest absolute Gasteiger partial charge is 0.495 e. The summed E-state index contributed by atoms with van der Waals surface area (Å²) in [5.41, 5.74) is 0.476. The highest BCUT2D eigenvalue weighted by atomic mass is 35.5. The van der Waals surface area contributed by atoms with Gasteiger partial charge in [-0.3, -0.25) is 14.6 Å². The Bertz CT molecular complexity index is 541. The molecule has 6 nitrogen and oxygen atoms in total. The van der Waals surface area contributed by atoms with Crippen LogP contribution in [0.3, 0.4) is 0 Å². The summed E-state index contributed by atoms with van der Waals surface area (Å²) in [7, 11) is 1.50. The van der Waals surface area contributed by atoms with Gasteiger partial charge in [-0.15, -0.1) is 0 Å². The van der Waals surface area contributed by atoms with E-state index in [2.05, 4.69) is 4.99 Å². The summed E-state index contributed by atoms with van der Waals surface area (Å²) in [6.07, 6.45) is 1.19. The first-order chi connectivity index (χ1) is 10.5. The first-order valence-electron chi connectivity index (χ1n) is 6.74. The van der Waals surface area contributed by atoms with E-state index < -0.39 is 17.9 Å². The summed E-state index contributed by atoms with van der Waals surface area (Å²) in [6.45, 7) is 3.63. The number of aliphatic imine (C=N–C) groups is 1. The summed E-state index contributed by atoms with van der Waals surface area (Å²) in [5.74, 6) is -2.11. The summed E-state index contributed by atoms with van der Waals surface area (Å²) >= 11 is 5.99. The molecule has 0 unspecified atom stereocenters. The minimum Gasteiger partial charge on any atom is -0.495 e. The van der Waals surface area contributed by atoms with E-state index in [-0.39, 0.29) is 13.2 Å². The van der Waals surface area contributed by atoms with E-state index >= 15 is 0 Å². The van der Waals surface area contributed by atoms with Gasteiger partial charge in [0, 0.05) is 6.21 Å². The lowest BCUT2D eigenvalue weighted by Gasteiger charge is -2.10. The first-order valence-corrected chi connectivity index (χ1v) is 7.12. The van der Waals surface area contributed by atoms with Crippen molar-refractivity contribution in [2.45, 2.75) is 13.8 Å². The number of ether oxygens (including phenoxy) is 3. The van der Waals surface area contributed by atoms with Gasteiger partial charge in [0.05, 0.1) is 31.0 Å². The normalized spacial score (nSPS) is 10.8. The maximum atomic E-state index is 11.8. The number of methoxy groups -OCH3 is 1. The van der Waals surface area contributed by atoms with Crippen LogP contribution in [0.4, 0.5) is 5.69 Å². The molecule has 0 aromatic heterocycles. The highest BCUT2D eigenvalue weighted by Crippen LogP contribution is 2.28. The molecule has 0 N–H and O–H groups in total. The van der Waals surface area contributed by atoms with E-state index in [1.54, 1.807) is 32.0 Å². The Morgan fingerprint density at radius 2 is 1.82 bits per heavy atom. The van der Waals surface area contributed by atoms with Crippen LogP contribution in [0.2, 0.25) is 5.02 Å². The molecule has 0 fully saturated rings. The van der Waals surface area contributed by atoms with Crippen molar-refractivity contribution in [2.24, 2.45) is 10.9 Å². The van der Waals surface area contributed by atoms with Crippen molar-refractivity contribution in [1.29, 1.82) is 0 Å². The zero-order valence-electron chi connectivity index (χ0n) is 12.7. The van der Waals surface area contributed by atoms with Gasteiger partial charge in [0.1, 0.15) is 5.75 Å². The highest BCUT2D eigenvalue weighted by Gasteiger charge is 2.27. The number of esters is 2. The van der Waals surface area contributed by atoms with Crippen molar-refractivity contribution in [3.05, 3.63) is 23.2 Å². The van der Waals surface area contributed by atoms with E-state index in [1.807, 2.05) is 0 Å². The van der Waals surface area contributed by atoms with Gasteiger partial charge in [-0.1, -0.05) is 11.6 Å². The quantitative estimate of drug-likeness (QED) is 0.437. The zero-order valence-corrected chi connectivity index (χ0v) is 13.4. The van der Waals surface area contributed by atoms with Crippen LogP contribution in [0.1, 0.15) is 13.8 Å². The second-order valence-corrected chi connectivity index (χ2v) is 4.49. The maximum absolute atomic E-state index is 11.8. The molecule has 120 valence electrons. The van der Waals surface area contributed by atoms with Crippen LogP contribution in [-0.4, -0.2) is 38.5 Å². The fraction of sp³-hybridized carbons (Fsp3) is 0.400. The number of carbonyl (C=O) groups excluding carboxylic acids is 2. The summed E-state index contributed by atoms with van der Waals surface area (Å²) in [4.78, 5) is 27.7. The lowest BCUT2D eigenvalue weighted by Crippen LogP contribution is -2.29. The zero-order chi connectivity index (χ0) is 16.5. The summed E-state index contributed by atoms with van der Waals surface area (Å²) in [6, 6.07) is 4.84. The highest BCUT2D eigenvalue weighted by molar-refractivity contribution is 6.32. The molecule has 22 heavy (non-hydrogen) atoms. The fourth-order valence-corrected chi connectivity index (χ4v) is 1.83. The molecule has 0 radical (unpaired) electrons. The third-order valence-electron chi connectivity index (χ3n) is 2.59. The van der Waals surface area contributed by atoms with E-state index in [1.165, 1.54) is 13.3 Å². The number of carbonyl (C=O) groups is 2. The van der Waals surface area contributed by atoms with Crippen LogP contribution >= 0.6 is 11.6 Å². The van der Waals surface area contributed by atoms with Gasteiger partial charge < -0.3 is 14.2 Å². The van der Waals surface area contributed by atoms with Crippen molar-refractivity contribution in [2.75, 3.05) is 20.3 Å². The van der Waals surface area contributed by atoms with Gasteiger partial charge >= 0.3 is 11.9 Å². The summed E-state index contributed by atoms with van der Waals surface area (Å²) in [5, 5.41) is 0.376. The Morgan fingerprint density at radius 1 is 1.23 bits per heavy atom. The number of halogens is 1. The Kier molecular flexibility index (Phi) is 7.39. The van der Waals surface area contributed by atoms with E-state index in [9.17, 15) is 9.59 Å². The molecule has 0 aliphatic heterocycles. The van der Waals surface area contributed by atoms with Gasteiger partial charge in [-0.2, -0.15) is 0 Å². The number of benzene rings is 1. The van der Waals surface area contributed by atoms with Crippen LogP contribution in [0.25, 0.3) is 0 Å². The first kappa shape index (κ1) is 18.0. The Hall–Kier alpha value is -2.08. The minimum atomic E-state index is -1.21. The predicted molar refractivity (Wildman–Crippen MR) is 82.9 cm³/mol. The van der Waals surface area contributed by atoms with Crippen molar-refractivity contribution in [3.63, 3.8) is 0 Å². The molecule has 0 amide bonds. The van der Waals surface area contributed by atoms with Gasteiger partial charge in [-0.25, -0.2) is 0 Å². The monoisotopic (exact) mass is 327 g/mol. The van der Waals surface area contributed by atoms with Crippen molar-refractivity contribution >= 4 is 35.4 Å². The molecule has 0 saturated heterocycles. The number of nitrogens with zero attached hydrogens (tertiary/aromatic N) is 1. The van der Waals surface area contributed by atoms with E-state index in [4.69, 9.17) is 25.8 Å². The molecule has 0 heterocycles. The molecule has 0 spiro atoms. The average molecular weight is 328 g/mol. The minimum absolute atomic E-state index is 0.164. The standard InChI is InChI=1S/C15H18ClNO5/c1-4-21-14(18)11(15(19)22-5-2)9-17-10-6-7-13(20-3)12(16)8-10/h6-9,11H,4-5H2,1-3H3. The molecule has 1 aromatic rings. The van der Waals surface area contributed by atoms with Crippen LogP contribution in [-0.2, 0) is 19.1 Å². The predicted octanol–water partition coefficient (Wildman–Crippen LogP) is 2.79. The van der Waals surface area contributed by atoms with Crippen LogP contribution in [0, 0.1) is 5.92 Å². The van der Waals surface area contributed by atoms with Gasteiger partial charge in [0.15, 0.2) is 5.92 Å². The molecule has 0 saturated carbocycles. The van der Waals surface area contributed by atoms with E-state index in [0.717, 1.165) is 0 Å². The molecular formula is C15H18ClNO5. The number of rotatable bonds is 7. The average Bonchev–Trinajstić information content (AvgIpc) is 2.48. The lowest BCUT2D eigenvalue weighted by molar-refractivity contribution is -0.157. The summed E-state index contributed by atoms with van der Waals surface area (Å²) < 4.78 is 14.7. The Balaban J connectivity index is 2.94. The molecule has 1 aromatic carbocycles. The third kappa shape index (κ3) is 5.04. The SMILES string of the molecule is CCOC(=O)C(C=Nc1ccc(OC)c(Cl)c1)C(=O)OCC. The molecular weight excluding hydrogens is 310 g/mol. The fourth-order valence-electron chi connectivity index (χ4n) is 1.58. The van der Waals surface area contributed by atoms with Crippen molar-refractivity contribution in [3.8, 4) is 5.75 Å². The smallest absolute Gasteiger partial charge is 0.325 e. The molecule has 0 atom stereocenters. The topological polar surface area (TPSA) is 74.2 Å². The third-order valence-corrected chi connectivity index (χ3v) is 2.88. The molecule has 7 heteroatoms. The Labute approximate surface area is 134 Å². The molecule has 1 rings (SSSR count). The second-order valence-electron chi connectivity index (χ2n) is 4.08. The van der Waals surface area contributed by atoms with Gasteiger partial charge in [-0.05, 0) is 32.0 Å². The number of hydrogen-bond acceptors (Lipinski definition) is 6. The molecule has 0 aliphatic carbocycles. The lowest BCUT2D eigenvalue weighted by atomic mass is 10.1. The maximum Gasteiger partial charge on any atom is 0.325 e. The Morgan fingerprint density at radius 3 is 2.27 bits per heavy atom. The molecule has 0 aliphatic rings. The molecule has 0 bridgehead atoms. The van der Waals surface area contributed by atoms with E-state index in [0.29, 0.717) is 16.5 Å². The van der Waals surface area contributed by atoms with Gasteiger partial charge in [0.25, 0.3) is 0 Å². The van der Waals surface area contributed by atoms with Crippen LogP contribution in [0.15, 0.2) is 23.2 Å². The second kappa shape index (κ2) is 9.04. The van der Waals surface area contributed by atoms with Crippen molar-refractivity contribution in [1.82, 2.24) is 0 Å². The van der Waals surface area contributed by atoms with Crippen molar-refractivity contribution < 1.29 is 23.8 Å². The van der Waals surface area contributed by atoms with Crippen LogP contribution in [0.5, 0.6) is 5.75 Å². The number of hydrogen-bond donors (Lipinski definition) is 0.